The molecule has 0 bridgehead atoms. The van der Waals surface area contributed by atoms with Crippen LogP contribution in [-0.2, 0) is 16.0 Å². The van der Waals surface area contributed by atoms with Crippen LogP contribution in [0.15, 0.2) is 24.4 Å². The molecule has 7 heteroatoms. The van der Waals surface area contributed by atoms with E-state index < -0.39 is 12.0 Å². The van der Waals surface area contributed by atoms with Crippen LogP contribution in [0.5, 0.6) is 0 Å². The van der Waals surface area contributed by atoms with Gasteiger partial charge in [0.1, 0.15) is 0 Å². The Labute approximate surface area is 119 Å². The van der Waals surface area contributed by atoms with Gasteiger partial charge in [-0.3, -0.25) is 19.8 Å². The van der Waals surface area contributed by atoms with Crippen LogP contribution in [0, 0.1) is 0 Å². The van der Waals surface area contributed by atoms with Crippen LogP contribution in [0.1, 0.15) is 12.0 Å². The number of benzene rings is 1. The molecule has 2 aromatic rings. The Bertz CT molecular complexity index is 750. The van der Waals surface area contributed by atoms with Crippen molar-refractivity contribution in [2.24, 2.45) is 0 Å². The molecule has 1 aromatic heterocycles. The number of nitrogens with zero attached hydrogens (tertiary/aromatic N) is 1. The average molecular weight is 287 g/mol. The summed E-state index contributed by atoms with van der Waals surface area (Å²) >= 11 is 0. The number of urea groups is 1. The Morgan fingerprint density at radius 1 is 1.33 bits per heavy atom. The number of carbonyl (C=O) groups is 3. The summed E-state index contributed by atoms with van der Waals surface area (Å²) in [5, 5.41) is 11.9. The van der Waals surface area contributed by atoms with E-state index in [4.69, 9.17) is 5.11 Å². The zero-order chi connectivity index (χ0) is 15.0. The van der Waals surface area contributed by atoms with E-state index in [9.17, 15) is 14.4 Å². The number of hydrogen-bond donors (Lipinski definition) is 3. The summed E-state index contributed by atoms with van der Waals surface area (Å²) in [7, 11) is 0. The standard InChI is InChI=1S/C14H13N3O4/c18-12-3-4-17(14(21)16-12)9-1-2-10-8(5-13(19)20)7-15-11(10)6-9/h1-2,6-7,15H,3-5H2,(H,19,20)(H,16,18,21). The second-order valence-corrected chi connectivity index (χ2v) is 4.87. The zero-order valence-corrected chi connectivity index (χ0v) is 11.0. The molecular weight excluding hydrogens is 274 g/mol. The third-order valence-electron chi connectivity index (χ3n) is 3.46. The number of aliphatic carboxylic acids is 1. The quantitative estimate of drug-likeness (QED) is 0.790. The number of aromatic nitrogens is 1. The molecule has 0 aliphatic carbocycles. The molecule has 1 saturated heterocycles. The predicted molar refractivity (Wildman–Crippen MR) is 75.1 cm³/mol. The van der Waals surface area contributed by atoms with E-state index in [1.807, 2.05) is 0 Å². The van der Waals surface area contributed by atoms with Crippen LogP contribution < -0.4 is 10.2 Å². The van der Waals surface area contributed by atoms with Gasteiger partial charge in [0.05, 0.1) is 6.42 Å². The maximum Gasteiger partial charge on any atom is 0.328 e. The molecule has 1 aliphatic heterocycles. The van der Waals surface area contributed by atoms with Crippen molar-refractivity contribution in [2.75, 3.05) is 11.4 Å². The summed E-state index contributed by atoms with van der Waals surface area (Å²) in [6.07, 6.45) is 1.86. The molecule has 1 aromatic carbocycles. The van der Waals surface area contributed by atoms with Crippen molar-refractivity contribution in [3.63, 3.8) is 0 Å². The maximum atomic E-state index is 11.8. The number of imide groups is 1. The van der Waals surface area contributed by atoms with Gasteiger partial charge in [-0.1, -0.05) is 6.07 Å². The van der Waals surface area contributed by atoms with Crippen LogP contribution >= 0.6 is 0 Å². The number of fused-ring (bicyclic) bond motifs is 1. The van der Waals surface area contributed by atoms with Gasteiger partial charge in [0.2, 0.25) is 5.91 Å². The number of anilines is 1. The highest BCUT2D eigenvalue weighted by atomic mass is 16.4. The molecule has 0 saturated carbocycles. The lowest BCUT2D eigenvalue weighted by molar-refractivity contribution is -0.136. The highest BCUT2D eigenvalue weighted by Crippen LogP contribution is 2.25. The van der Waals surface area contributed by atoms with Crippen LogP contribution in [0.4, 0.5) is 10.5 Å². The van der Waals surface area contributed by atoms with Gasteiger partial charge in [-0.25, -0.2) is 4.79 Å². The minimum atomic E-state index is -0.895. The molecular formula is C14H13N3O4. The first-order valence-corrected chi connectivity index (χ1v) is 6.48. The Morgan fingerprint density at radius 2 is 2.14 bits per heavy atom. The first-order chi connectivity index (χ1) is 10.0. The minimum Gasteiger partial charge on any atom is -0.481 e. The number of nitrogens with one attached hydrogen (secondary N) is 2. The predicted octanol–water partition coefficient (Wildman–Crippen LogP) is 1.24. The number of amides is 3. The first kappa shape index (κ1) is 13.2. The molecule has 3 rings (SSSR count). The largest absolute Gasteiger partial charge is 0.481 e. The molecule has 3 amide bonds. The van der Waals surface area contributed by atoms with Crippen molar-refractivity contribution in [3.8, 4) is 0 Å². The van der Waals surface area contributed by atoms with E-state index in [-0.39, 0.29) is 18.7 Å². The molecule has 0 atom stereocenters. The summed E-state index contributed by atoms with van der Waals surface area (Å²) in [5.41, 5.74) is 2.12. The molecule has 2 heterocycles. The van der Waals surface area contributed by atoms with Crippen molar-refractivity contribution >= 4 is 34.5 Å². The Hall–Kier alpha value is -2.83. The van der Waals surface area contributed by atoms with Crippen LogP contribution in [0.3, 0.4) is 0 Å². The summed E-state index contributed by atoms with van der Waals surface area (Å²) < 4.78 is 0. The number of aromatic amines is 1. The normalized spacial score (nSPS) is 15.3. The third kappa shape index (κ3) is 2.45. The summed E-state index contributed by atoms with van der Waals surface area (Å²) in [4.78, 5) is 38.2. The van der Waals surface area contributed by atoms with E-state index in [0.717, 1.165) is 10.9 Å². The fourth-order valence-corrected chi connectivity index (χ4v) is 2.46. The SMILES string of the molecule is O=C(O)Cc1c[nH]c2cc(N3CCC(=O)NC3=O)ccc12. The highest BCUT2D eigenvalue weighted by Gasteiger charge is 2.24. The fourth-order valence-electron chi connectivity index (χ4n) is 2.46. The van der Waals surface area contributed by atoms with E-state index in [1.54, 1.807) is 24.4 Å². The average Bonchev–Trinajstić information content (AvgIpc) is 2.80. The van der Waals surface area contributed by atoms with Crippen molar-refractivity contribution in [2.45, 2.75) is 12.8 Å². The smallest absolute Gasteiger partial charge is 0.328 e. The number of carboxylic acids is 1. The third-order valence-corrected chi connectivity index (χ3v) is 3.46. The molecule has 108 valence electrons. The number of rotatable bonds is 3. The highest BCUT2D eigenvalue weighted by molar-refractivity contribution is 6.06. The maximum absolute atomic E-state index is 11.8. The second kappa shape index (κ2) is 4.93. The van der Waals surface area contributed by atoms with Crippen molar-refractivity contribution in [1.29, 1.82) is 0 Å². The lowest BCUT2D eigenvalue weighted by Gasteiger charge is -2.26. The topological polar surface area (TPSA) is 102 Å². The lowest BCUT2D eigenvalue weighted by atomic mass is 10.1. The van der Waals surface area contributed by atoms with E-state index in [0.29, 0.717) is 17.8 Å². The molecule has 0 unspecified atom stereocenters. The van der Waals surface area contributed by atoms with Gasteiger partial charge in [0.25, 0.3) is 0 Å². The molecule has 0 spiro atoms. The number of carbonyl (C=O) groups excluding carboxylic acids is 2. The molecule has 7 nitrogen and oxygen atoms in total. The fraction of sp³-hybridized carbons (Fsp3) is 0.214. The molecule has 21 heavy (non-hydrogen) atoms. The van der Waals surface area contributed by atoms with E-state index in [2.05, 4.69) is 10.3 Å². The zero-order valence-electron chi connectivity index (χ0n) is 11.0. The van der Waals surface area contributed by atoms with Crippen LogP contribution in [-0.4, -0.2) is 34.5 Å². The van der Waals surface area contributed by atoms with Gasteiger partial charge in [0, 0.05) is 35.8 Å². The summed E-state index contributed by atoms with van der Waals surface area (Å²) in [5.74, 6) is -1.17. The van der Waals surface area contributed by atoms with Gasteiger partial charge in [-0.05, 0) is 17.7 Å². The number of hydrogen-bond acceptors (Lipinski definition) is 3. The van der Waals surface area contributed by atoms with Crippen molar-refractivity contribution in [3.05, 3.63) is 30.0 Å². The van der Waals surface area contributed by atoms with Gasteiger partial charge >= 0.3 is 12.0 Å². The van der Waals surface area contributed by atoms with Gasteiger partial charge in [-0.15, -0.1) is 0 Å². The van der Waals surface area contributed by atoms with E-state index >= 15 is 0 Å². The lowest BCUT2D eigenvalue weighted by Crippen LogP contribution is -2.49. The summed E-state index contributed by atoms with van der Waals surface area (Å²) in [6, 6.07) is 4.86. The van der Waals surface area contributed by atoms with E-state index in [1.165, 1.54) is 4.90 Å². The Morgan fingerprint density at radius 3 is 2.86 bits per heavy atom. The second-order valence-electron chi connectivity index (χ2n) is 4.87. The van der Waals surface area contributed by atoms with Crippen molar-refractivity contribution in [1.82, 2.24) is 10.3 Å². The molecule has 3 N–H and O–H groups in total. The first-order valence-electron chi connectivity index (χ1n) is 6.48. The van der Waals surface area contributed by atoms with Crippen LogP contribution in [0.2, 0.25) is 0 Å². The Balaban J connectivity index is 1.93. The molecule has 1 aliphatic rings. The summed E-state index contributed by atoms with van der Waals surface area (Å²) in [6.45, 7) is 0.332. The van der Waals surface area contributed by atoms with Gasteiger partial charge < -0.3 is 10.1 Å². The van der Waals surface area contributed by atoms with Gasteiger partial charge in [0.15, 0.2) is 0 Å². The molecule has 0 radical (unpaired) electrons. The Kier molecular flexibility index (Phi) is 3.09. The monoisotopic (exact) mass is 287 g/mol. The van der Waals surface area contributed by atoms with Crippen LogP contribution in [0.25, 0.3) is 10.9 Å². The van der Waals surface area contributed by atoms with Gasteiger partial charge in [-0.2, -0.15) is 0 Å². The number of carboxylic acid groups (broad SMARTS) is 1. The minimum absolute atomic E-state index is 0.0575. The van der Waals surface area contributed by atoms with Crippen molar-refractivity contribution < 1.29 is 19.5 Å². The molecule has 1 fully saturated rings. The number of H-pyrrole nitrogens is 1.